The first-order chi connectivity index (χ1) is 9.88. The lowest BCUT2D eigenvalue weighted by molar-refractivity contribution is 0.0697. The van der Waals surface area contributed by atoms with Crippen molar-refractivity contribution in [2.45, 2.75) is 13.8 Å². The van der Waals surface area contributed by atoms with E-state index in [1.54, 1.807) is 25.1 Å². The summed E-state index contributed by atoms with van der Waals surface area (Å²) in [5, 5.41) is 14.8. The molecular formula is C14H13BrN2O3S. The Bertz CT molecular complexity index is 712. The number of urea groups is 1. The summed E-state index contributed by atoms with van der Waals surface area (Å²) >= 11 is 4.56. The molecule has 0 spiro atoms. The second kappa shape index (κ2) is 6.28. The number of anilines is 2. The van der Waals surface area contributed by atoms with Crippen molar-refractivity contribution in [3.05, 3.63) is 44.7 Å². The normalized spacial score (nSPS) is 10.2. The van der Waals surface area contributed by atoms with E-state index < -0.39 is 12.0 Å². The van der Waals surface area contributed by atoms with Gasteiger partial charge in [0.15, 0.2) is 0 Å². The average molecular weight is 369 g/mol. The van der Waals surface area contributed by atoms with Crippen LogP contribution in [-0.2, 0) is 0 Å². The van der Waals surface area contributed by atoms with Crippen molar-refractivity contribution in [3.63, 3.8) is 0 Å². The van der Waals surface area contributed by atoms with E-state index in [4.69, 9.17) is 0 Å². The molecule has 5 nitrogen and oxygen atoms in total. The third-order valence-corrected chi connectivity index (χ3v) is 4.52. The molecule has 0 bridgehead atoms. The van der Waals surface area contributed by atoms with Gasteiger partial charge in [-0.3, -0.25) is 5.32 Å². The third kappa shape index (κ3) is 3.62. The van der Waals surface area contributed by atoms with E-state index >= 15 is 0 Å². The second-order valence-electron chi connectivity index (χ2n) is 4.38. The number of benzene rings is 1. The molecule has 2 rings (SSSR count). The molecule has 0 radical (unpaired) electrons. The standard InChI is InChI=1S/C14H13BrN2O3S/c1-7-8(2)21-12(11(7)13(18)19)17-14(20)16-10-5-3-4-9(15)6-10/h3-6H,1-2H3,(H,18,19)(H2,16,17,20). The minimum absolute atomic E-state index is 0.141. The number of carboxylic acid groups (broad SMARTS) is 1. The Morgan fingerprint density at radius 2 is 1.95 bits per heavy atom. The average Bonchev–Trinajstić information content (AvgIpc) is 2.64. The molecule has 110 valence electrons. The smallest absolute Gasteiger partial charge is 0.338 e. The van der Waals surface area contributed by atoms with Gasteiger partial charge >= 0.3 is 12.0 Å². The van der Waals surface area contributed by atoms with Crippen molar-refractivity contribution >= 4 is 50.0 Å². The van der Waals surface area contributed by atoms with Crippen LogP contribution in [0.5, 0.6) is 0 Å². The van der Waals surface area contributed by atoms with Crippen LogP contribution in [0.4, 0.5) is 15.5 Å². The Hall–Kier alpha value is -1.86. The number of carboxylic acids is 1. The zero-order chi connectivity index (χ0) is 15.6. The summed E-state index contributed by atoms with van der Waals surface area (Å²) < 4.78 is 0.842. The molecule has 1 aromatic carbocycles. The van der Waals surface area contributed by atoms with Gasteiger partial charge in [0.05, 0.1) is 5.56 Å². The Kier molecular flexibility index (Phi) is 4.64. The van der Waals surface area contributed by atoms with E-state index in [1.807, 2.05) is 13.0 Å². The van der Waals surface area contributed by atoms with Crippen LogP contribution in [0.2, 0.25) is 0 Å². The number of nitrogens with one attached hydrogen (secondary N) is 2. The van der Waals surface area contributed by atoms with E-state index in [-0.39, 0.29) is 5.56 Å². The predicted molar refractivity (Wildman–Crippen MR) is 87.5 cm³/mol. The molecule has 2 amide bonds. The number of halogens is 1. The maximum Gasteiger partial charge on any atom is 0.338 e. The van der Waals surface area contributed by atoms with Gasteiger partial charge in [0, 0.05) is 15.0 Å². The predicted octanol–water partition coefficient (Wildman–Crippen LogP) is 4.47. The van der Waals surface area contributed by atoms with Gasteiger partial charge in [-0.2, -0.15) is 0 Å². The van der Waals surface area contributed by atoms with Gasteiger partial charge in [0.1, 0.15) is 5.00 Å². The molecule has 0 unspecified atom stereocenters. The van der Waals surface area contributed by atoms with Gasteiger partial charge < -0.3 is 10.4 Å². The summed E-state index contributed by atoms with van der Waals surface area (Å²) in [5.74, 6) is -1.05. The Balaban J connectivity index is 2.17. The molecule has 0 fully saturated rings. The maximum absolute atomic E-state index is 12.0. The van der Waals surface area contributed by atoms with E-state index in [0.29, 0.717) is 16.3 Å². The fraction of sp³-hybridized carbons (Fsp3) is 0.143. The molecule has 3 N–H and O–H groups in total. The van der Waals surface area contributed by atoms with Crippen LogP contribution in [0.3, 0.4) is 0 Å². The lowest BCUT2D eigenvalue weighted by atomic mass is 10.1. The minimum atomic E-state index is -1.05. The van der Waals surface area contributed by atoms with Gasteiger partial charge in [-0.05, 0) is 37.6 Å². The molecule has 0 saturated carbocycles. The van der Waals surface area contributed by atoms with Gasteiger partial charge in [-0.15, -0.1) is 11.3 Å². The summed E-state index contributed by atoms with van der Waals surface area (Å²) in [6, 6.07) is 6.66. The summed E-state index contributed by atoms with van der Waals surface area (Å²) in [7, 11) is 0. The van der Waals surface area contributed by atoms with Crippen LogP contribution in [0.1, 0.15) is 20.8 Å². The molecular weight excluding hydrogens is 356 g/mol. The highest BCUT2D eigenvalue weighted by atomic mass is 79.9. The third-order valence-electron chi connectivity index (χ3n) is 2.91. The Morgan fingerprint density at radius 1 is 1.24 bits per heavy atom. The zero-order valence-electron chi connectivity index (χ0n) is 11.4. The SMILES string of the molecule is Cc1sc(NC(=O)Nc2cccc(Br)c2)c(C(=O)O)c1C. The van der Waals surface area contributed by atoms with E-state index in [2.05, 4.69) is 26.6 Å². The molecule has 1 heterocycles. The van der Waals surface area contributed by atoms with Crippen LogP contribution in [0.15, 0.2) is 28.7 Å². The number of aromatic carboxylic acids is 1. The van der Waals surface area contributed by atoms with Gasteiger partial charge in [0.2, 0.25) is 0 Å². The quantitative estimate of drug-likeness (QED) is 0.747. The lowest BCUT2D eigenvalue weighted by Gasteiger charge is -2.07. The maximum atomic E-state index is 12.0. The highest BCUT2D eigenvalue weighted by Gasteiger charge is 2.20. The van der Waals surface area contributed by atoms with E-state index in [0.717, 1.165) is 9.35 Å². The van der Waals surface area contributed by atoms with Crippen molar-refractivity contribution in [1.29, 1.82) is 0 Å². The van der Waals surface area contributed by atoms with Crippen LogP contribution >= 0.6 is 27.3 Å². The number of carbonyl (C=O) groups excluding carboxylic acids is 1. The van der Waals surface area contributed by atoms with E-state index in [1.165, 1.54) is 11.3 Å². The van der Waals surface area contributed by atoms with Crippen LogP contribution < -0.4 is 10.6 Å². The fourth-order valence-electron chi connectivity index (χ4n) is 1.80. The number of thiophene rings is 1. The largest absolute Gasteiger partial charge is 0.478 e. The first-order valence-electron chi connectivity index (χ1n) is 6.05. The van der Waals surface area contributed by atoms with Crippen molar-refractivity contribution in [2.75, 3.05) is 10.6 Å². The Morgan fingerprint density at radius 3 is 2.57 bits per heavy atom. The summed E-state index contributed by atoms with van der Waals surface area (Å²) in [6.07, 6.45) is 0. The summed E-state index contributed by atoms with van der Waals surface area (Å²) in [6.45, 7) is 3.55. The van der Waals surface area contributed by atoms with E-state index in [9.17, 15) is 14.7 Å². The molecule has 21 heavy (non-hydrogen) atoms. The molecule has 7 heteroatoms. The highest BCUT2D eigenvalue weighted by molar-refractivity contribution is 9.10. The van der Waals surface area contributed by atoms with Crippen LogP contribution in [-0.4, -0.2) is 17.1 Å². The zero-order valence-corrected chi connectivity index (χ0v) is 13.8. The van der Waals surface area contributed by atoms with Crippen LogP contribution in [0.25, 0.3) is 0 Å². The highest BCUT2D eigenvalue weighted by Crippen LogP contribution is 2.32. The first-order valence-corrected chi connectivity index (χ1v) is 7.66. The molecule has 0 aliphatic heterocycles. The molecule has 2 aromatic rings. The number of aryl methyl sites for hydroxylation is 1. The van der Waals surface area contributed by atoms with Crippen molar-refractivity contribution in [2.24, 2.45) is 0 Å². The monoisotopic (exact) mass is 368 g/mol. The summed E-state index contributed by atoms with van der Waals surface area (Å²) in [5.41, 5.74) is 1.43. The first kappa shape index (κ1) is 15.5. The molecule has 0 saturated heterocycles. The Labute approximate surface area is 134 Å². The molecule has 0 aliphatic carbocycles. The van der Waals surface area contributed by atoms with Crippen molar-refractivity contribution < 1.29 is 14.7 Å². The van der Waals surface area contributed by atoms with Crippen LogP contribution in [0, 0.1) is 13.8 Å². The van der Waals surface area contributed by atoms with Crippen molar-refractivity contribution in [3.8, 4) is 0 Å². The minimum Gasteiger partial charge on any atom is -0.478 e. The number of hydrogen-bond acceptors (Lipinski definition) is 3. The molecule has 0 atom stereocenters. The number of carbonyl (C=O) groups is 2. The van der Waals surface area contributed by atoms with Gasteiger partial charge in [-0.1, -0.05) is 22.0 Å². The number of rotatable bonds is 3. The molecule has 1 aromatic heterocycles. The van der Waals surface area contributed by atoms with Gasteiger partial charge in [0.25, 0.3) is 0 Å². The number of amides is 2. The molecule has 0 aliphatic rings. The topological polar surface area (TPSA) is 78.4 Å². The van der Waals surface area contributed by atoms with Crippen molar-refractivity contribution in [1.82, 2.24) is 0 Å². The fourth-order valence-corrected chi connectivity index (χ4v) is 3.25. The summed E-state index contributed by atoms with van der Waals surface area (Å²) in [4.78, 5) is 24.1. The lowest BCUT2D eigenvalue weighted by Crippen LogP contribution is -2.20. The van der Waals surface area contributed by atoms with Gasteiger partial charge in [-0.25, -0.2) is 9.59 Å². The number of hydrogen-bond donors (Lipinski definition) is 3. The second-order valence-corrected chi connectivity index (χ2v) is 6.52.